The van der Waals surface area contributed by atoms with Gasteiger partial charge >= 0.3 is 0 Å². The van der Waals surface area contributed by atoms with Crippen LogP contribution in [0.25, 0.3) is 10.8 Å². The van der Waals surface area contributed by atoms with Crippen LogP contribution in [0.1, 0.15) is 42.0 Å². The van der Waals surface area contributed by atoms with E-state index < -0.39 is 0 Å². The average molecular weight is 469 g/mol. The first kappa shape index (κ1) is 23.1. The fourth-order valence-corrected chi connectivity index (χ4v) is 5.77. The first-order valence-electron chi connectivity index (χ1n) is 12.4. The standard InChI is InChI=1S/C31H33ClN2/c1-23(29-16-8-13-26-12-5-6-15-31(26)29)33-20-27-22-34(21-24-9-7-14-28(32)19-24)18-17-30(27)25-10-3-2-4-11-25/h2-16,19,23,27,30,33H,17-18,20-22H2,1H3/t23-,27?,30?/m1/s1. The minimum absolute atomic E-state index is 0.297. The molecule has 3 atom stereocenters. The Morgan fingerprint density at radius 3 is 2.53 bits per heavy atom. The molecule has 34 heavy (non-hydrogen) atoms. The maximum absolute atomic E-state index is 6.25. The van der Waals surface area contributed by atoms with Crippen LogP contribution in [0, 0.1) is 5.92 Å². The van der Waals surface area contributed by atoms with Gasteiger partial charge in [0, 0.05) is 30.7 Å². The highest BCUT2D eigenvalue weighted by Gasteiger charge is 2.30. The molecule has 174 valence electrons. The third-order valence-electron chi connectivity index (χ3n) is 7.32. The summed E-state index contributed by atoms with van der Waals surface area (Å²) in [4.78, 5) is 2.60. The van der Waals surface area contributed by atoms with E-state index in [1.54, 1.807) is 0 Å². The van der Waals surface area contributed by atoms with E-state index in [2.05, 4.69) is 108 Å². The van der Waals surface area contributed by atoms with Crippen molar-refractivity contribution >= 4 is 22.4 Å². The third-order valence-corrected chi connectivity index (χ3v) is 7.55. The fourth-order valence-electron chi connectivity index (χ4n) is 5.56. The lowest BCUT2D eigenvalue weighted by Crippen LogP contribution is -2.43. The SMILES string of the molecule is C[C@@H](NCC1CN(Cc2cccc(Cl)c2)CCC1c1ccccc1)c1cccc2ccccc12. The highest BCUT2D eigenvalue weighted by molar-refractivity contribution is 6.30. The van der Waals surface area contributed by atoms with Gasteiger partial charge in [-0.15, -0.1) is 0 Å². The Morgan fingerprint density at radius 1 is 0.912 bits per heavy atom. The maximum Gasteiger partial charge on any atom is 0.0409 e. The van der Waals surface area contributed by atoms with E-state index in [-0.39, 0.29) is 0 Å². The minimum Gasteiger partial charge on any atom is -0.310 e. The molecule has 0 bridgehead atoms. The summed E-state index contributed by atoms with van der Waals surface area (Å²) in [6.07, 6.45) is 1.18. The second-order valence-corrected chi connectivity index (χ2v) is 10.1. The van der Waals surface area contributed by atoms with Crippen LogP contribution in [-0.4, -0.2) is 24.5 Å². The smallest absolute Gasteiger partial charge is 0.0409 e. The zero-order valence-corrected chi connectivity index (χ0v) is 20.6. The van der Waals surface area contributed by atoms with Crippen molar-refractivity contribution in [2.45, 2.75) is 31.8 Å². The summed E-state index contributed by atoms with van der Waals surface area (Å²) in [5.74, 6) is 1.12. The normalized spacial score (nSPS) is 19.8. The molecule has 4 aromatic carbocycles. The van der Waals surface area contributed by atoms with Gasteiger partial charge in [-0.25, -0.2) is 0 Å². The van der Waals surface area contributed by atoms with Crippen LogP contribution in [-0.2, 0) is 6.54 Å². The Labute approximate surface area is 208 Å². The van der Waals surface area contributed by atoms with Crippen molar-refractivity contribution in [2.24, 2.45) is 5.92 Å². The number of rotatable bonds is 7. The first-order chi connectivity index (χ1) is 16.7. The first-order valence-corrected chi connectivity index (χ1v) is 12.8. The van der Waals surface area contributed by atoms with Gasteiger partial charge in [0.15, 0.2) is 0 Å². The summed E-state index contributed by atoms with van der Waals surface area (Å²) in [5.41, 5.74) is 4.14. The van der Waals surface area contributed by atoms with Crippen LogP contribution in [0.2, 0.25) is 5.02 Å². The molecule has 0 amide bonds. The summed E-state index contributed by atoms with van der Waals surface area (Å²) in [6.45, 7) is 6.45. The second-order valence-electron chi connectivity index (χ2n) is 9.63. The average Bonchev–Trinajstić information content (AvgIpc) is 2.87. The van der Waals surface area contributed by atoms with Crippen LogP contribution in [0.3, 0.4) is 0 Å². The van der Waals surface area contributed by atoms with Gasteiger partial charge in [0.1, 0.15) is 0 Å². The molecular weight excluding hydrogens is 436 g/mol. The van der Waals surface area contributed by atoms with Gasteiger partial charge in [0.05, 0.1) is 0 Å². The molecule has 1 aliphatic rings. The van der Waals surface area contributed by atoms with Crippen LogP contribution >= 0.6 is 11.6 Å². The molecule has 4 aromatic rings. The number of hydrogen-bond donors (Lipinski definition) is 1. The van der Waals surface area contributed by atoms with Crippen molar-refractivity contribution in [1.82, 2.24) is 10.2 Å². The lowest BCUT2D eigenvalue weighted by molar-refractivity contribution is 0.143. The van der Waals surface area contributed by atoms with Gasteiger partial charge in [-0.1, -0.05) is 96.5 Å². The highest BCUT2D eigenvalue weighted by Crippen LogP contribution is 2.34. The van der Waals surface area contributed by atoms with Gasteiger partial charge in [-0.3, -0.25) is 4.90 Å². The molecule has 1 aliphatic heterocycles. The molecule has 2 nitrogen and oxygen atoms in total. The van der Waals surface area contributed by atoms with E-state index in [1.165, 1.54) is 33.9 Å². The lowest BCUT2D eigenvalue weighted by atomic mass is 9.80. The van der Waals surface area contributed by atoms with Gasteiger partial charge in [0.25, 0.3) is 0 Å². The number of likely N-dealkylation sites (tertiary alicyclic amines) is 1. The quantitative estimate of drug-likeness (QED) is 0.303. The van der Waals surface area contributed by atoms with Crippen molar-refractivity contribution in [3.05, 3.63) is 119 Å². The lowest BCUT2D eigenvalue weighted by Gasteiger charge is -2.39. The van der Waals surface area contributed by atoms with Crippen molar-refractivity contribution < 1.29 is 0 Å². The Bertz CT molecular complexity index is 1220. The number of halogens is 1. The molecule has 0 aromatic heterocycles. The van der Waals surface area contributed by atoms with Crippen molar-refractivity contribution in [3.63, 3.8) is 0 Å². The summed E-state index contributed by atoms with van der Waals surface area (Å²) in [5, 5.41) is 7.37. The maximum atomic E-state index is 6.25. The molecule has 2 unspecified atom stereocenters. The van der Waals surface area contributed by atoms with Crippen LogP contribution in [0.4, 0.5) is 0 Å². The molecule has 1 heterocycles. The molecule has 1 N–H and O–H groups in total. The number of nitrogens with zero attached hydrogens (tertiary/aromatic N) is 1. The molecule has 0 saturated carbocycles. The molecular formula is C31H33ClN2. The van der Waals surface area contributed by atoms with Crippen LogP contribution in [0.5, 0.6) is 0 Å². The predicted octanol–water partition coefficient (Wildman–Crippen LogP) is 7.45. The van der Waals surface area contributed by atoms with Crippen LogP contribution < -0.4 is 5.32 Å². The van der Waals surface area contributed by atoms with E-state index in [1.807, 2.05) is 6.07 Å². The Morgan fingerprint density at radius 2 is 1.68 bits per heavy atom. The number of nitrogens with one attached hydrogen (secondary N) is 1. The zero-order chi connectivity index (χ0) is 23.3. The summed E-state index contributed by atoms with van der Waals surface area (Å²) in [6, 6.07) is 35.0. The Hall–Kier alpha value is -2.65. The van der Waals surface area contributed by atoms with Gasteiger partial charge in [0.2, 0.25) is 0 Å². The molecule has 0 aliphatic carbocycles. The molecule has 1 saturated heterocycles. The van der Waals surface area contributed by atoms with E-state index in [4.69, 9.17) is 11.6 Å². The second kappa shape index (κ2) is 10.7. The number of fused-ring (bicyclic) bond motifs is 1. The fraction of sp³-hybridized carbons (Fsp3) is 0.290. The summed E-state index contributed by atoms with van der Waals surface area (Å²) in [7, 11) is 0. The Balaban J connectivity index is 1.32. The number of piperidine rings is 1. The minimum atomic E-state index is 0.297. The Kier molecular flexibility index (Phi) is 7.30. The van der Waals surface area contributed by atoms with E-state index in [0.717, 1.165) is 31.2 Å². The van der Waals surface area contributed by atoms with Gasteiger partial charge in [-0.2, -0.15) is 0 Å². The van der Waals surface area contributed by atoms with E-state index in [9.17, 15) is 0 Å². The van der Waals surface area contributed by atoms with Crippen molar-refractivity contribution in [3.8, 4) is 0 Å². The third kappa shape index (κ3) is 5.36. The number of benzene rings is 4. The van der Waals surface area contributed by atoms with Gasteiger partial charge in [-0.05, 0) is 71.3 Å². The highest BCUT2D eigenvalue weighted by atomic mass is 35.5. The van der Waals surface area contributed by atoms with Crippen LogP contribution in [0.15, 0.2) is 97.1 Å². The van der Waals surface area contributed by atoms with Crippen molar-refractivity contribution in [1.29, 1.82) is 0 Å². The summed E-state index contributed by atoms with van der Waals surface area (Å²) >= 11 is 6.25. The molecule has 1 fully saturated rings. The topological polar surface area (TPSA) is 15.3 Å². The summed E-state index contributed by atoms with van der Waals surface area (Å²) < 4.78 is 0. The molecule has 0 radical (unpaired) electrons. The monoisotopic (exact) mass is 468 g/mol. The van der Waals surface area contributed by atoms with E-state index in [0.29, 0.717) is 17.9 Å². The molecule has 0 spiro atoms. The predicted molar refractivity (Wildman–Crippen MR) is 144 cm³/mol. The van der Waals surface area contributed by atoms with Gasteiger partial charge < -0.3 is 5.32 Å². The molecule has 5 rings (SSSR count). The number of hydrogen-bond acceptors (Lipinski definition) is 2. The largest absolute Gasteiger partial charge is 0.310 e. The zero-order valence-electron chi connectivity index (χ0n) is 19.8. The van der Waals surface area contributed by atoms with E-state index >= 15 is 0 Å². The molecule has 3 heteroatoms. The van der Waals surface area contributed by atoms with Crippen molar-refractivity contribution in [2.75, 3.05) is 19.6 Å².